The minimum atomic E-state index is 0.775. The SMILES string of the molecule is CCCCN[C@@H](C)[C@H]1C[C@H]2CC[C@H]1C2. The van der Waals surface area contributed by atoms with Crippen LogP contribution in [0.25, 0.3) is 0 Å². The van der Waals surface area contributed by atoms with Crippen molar-refractivity contribution in [2.75, 3.05) is 6.54 Å². The average Bonchev–Trinajstić information content (AvgIpc) is 2.79. The summed E-state index contributed by atoms with van der Waals surface area (Å²) in [5.41, 5.74) is 0. The largest absolute Gasteiger partial charge is 0.314 e. The number of rotatable bonds is 5. The first-order valence-corrected chi connectivity index (χ1v) is 6.54. The number of unbranched alkanes of at least 4 members (excludes halogenated alkanes) is 1. The molecule has 0 heterocycles. The van der Waals surface area contributed by atoms with Crippen molar-refractivity contribution in [3.05, 3.63) is 0 Å². The average molecular weight is 195 g/mol. The van der Waals surface area contributed by atoms with E-state index in [1.54, 1.807) is 6.42 Å². The van der Waals surface area contributed by atoms with E-state index in [9.17, 15) is 0 Å². The monoisotopic (exact) mass is 195 g/mol. The van der Waals surface area contributed by atoms with Crippen molar-refractivity contribution in [2.45, 2.75) is 58.4 Å². The lowest BCUT2D eigenvalue weighted by Crippen LogP contribution is -2.36. The van der Waals surface area contributed by atoms with Crippen LogP contribution in [0.3, 0.4) is 0 Å². The van der Waals surface area contributed by atoms with Crippen molar-refractivity contribution in [1.82, 2.24) is 5.32 Å². The Balaban J connectivity index is 1.72. The van der Waals surface area contributed by atoms with Crippen LogP contribution in [0.4, 0.5) is 0 Å². The van der Waals surface area contributed by atoms with Crippen LogP contribution < -0.4 is 5.32 Å². The highest BCUT2D eigenvalue weighted by Gasteiger charge is 2.41. The molecule has 2 fully saturated rings. The summed E-state index contributed by atoms with van der Waals surface area (Å²) in [6, 6.07) is 0.775. The van der Waals surface area contributed by atoms with Crippen molar-refractivity contribution < 1.29 is 0 Å². The summed E-state index contributed by atoms with van der Waals surface area (Å²) >= 11 is 0. The van der Waals surface area contributed by atoms with E-state index in [4.69, 9.17) is 0 Å². The highest BCUT2D eigenvalue weighted by atomic mass is 14.9. The van der Waals surface area contributed by atoms with Gasteiger partial charge in [-0.25, -0.2) is 0 Å². The Kier molecular flexibility index (Phi) is 3.48. The number of nitrogens with one attached hydrogen (secondary N) is 1. The van der Waals surface area contributed by atoms with Crippen LogP contribution in [-0.4, -0.2) is 12.6 Å². The van der Waals surface area contributed by atoms with Gasteiger partial charge in [0.1, 0.15) is 0 Å². The van der Waals surface area contributed by atoms with E-state index in [1.165, 1.54) is 38.6 Å². The van der Waals surface area contributed by atoms with Gasteiger partial charge < -0.3 is 5.32 Å². The fourth-order valence-corrected chi connectivity index (χ4v) is 3.56. The van der Waals surface area contributed by atoms with E-state index in [2.05, 4.69) is 19.2 Å². The Morgan fingerprint density at radius 1 is 1.29 bits per heavy atom. The summed E-state index contributed by atoms with van der Waals surface area (Å²) in [5, 5.41) is 3.71. The van der Waals surface area contributed by atoms with Gasteiger partial charge in [0.05, 0.1) is 0 Å². The molecule has 1 nitrogen and oxygen atoms in total. The van der Waals surface area contributed by atoms with Crippen LogP contribution in [0.2, 0.25) is 0 Å². The molecule has 0 aliphatic heterocycles. The molecule has 4 atom stereocenters. The summed E-state index contributed by atoms with van der Waals surface area (Å²) in [4.78, 5) is 0. The topological polar surface area (TPSA) is 12.0 Å². The molecule has 2 bridgehead atoms. The van der Waals surface area contributed by atoms with Gasteiger partial charge in [-0.2, -0.15) is 0 Å². The second-order valence-electron chi connectivity index (χ2n) is 5.44. The molecule has 14 heavy (non-hydrogen) atoms. The van der Waals surface area contributed by atoms with Gasteiger partial charge in [-0.3, -0.25) is 0 Å². The van der Waals surface area contributed by atoms with Gasteiger partial charge in [0.15, 0.2) is 0 Å². The standard InChI is InChI=1S/C13H25N/c1-3-4-7-14-10(2)13-9-11-5-6-12(13)8-11/h10-14H,3-9H2,1-2H3/t10-,11-,12-,13+/m0/s1. The van der Waals surface area contributed by atoms with Crippen molar-refractivity contribution >= 4 is 0 Å². The predicted molar refractivity (Wildman–Crippen MR) is 61.3 cm³/mol. The van der Waals surface area contributed by atoms with Gasteiger partial charge >= 0.3 is 0 Å². The maximum Gasteiger partial charge on any atom is 0.00697 e. The Morgan fingerprint density at radius 2 is 2.14 bits per heavy atom. The third-order valence-corrected chi connectivity index (χ3v) is 4.43. The van der Waals surface area contributed by atoms with Gasteiger partial charge in [0.25, 0.3) is 0 Å². The molecular formula is C13H25N. The Bertz CT molecular complexity index is 178. The van der Waals surface area contributed by atoms with Crippen LogP contribution in [0.1, 0.15) is 52.4 Å². The lowest BCUT2D eigenvalue weighted by molar-refractivity contribution is 0.260. The minimum Gasteiger partial charge on any atom is -0.314 e. The molecule has 2 aliphatic carbocycles. The molecule has 0 aromatic carbocycles. The molecule has 0 saturated heterocycles. The van der Waals surface area contributed by atoms with E-state index in [1.807, 2.05) is 0 Å². The molecular weight excluding hydrogens is 170 g/mol. The first kappa shape index (κ1) is 10.5. The lowest BCUT2D eigenvalue weighted by atomic mass is 9.84. The van der Waals surface area contributed by atoms with Crippen molar-refractivity contribution in [3.63, 3.8) is 0 Å². The zero-order valence-electron chi connectivity index (χ0n) is 9.76. The Morgan fingerprint density at radius 3 is 2.71 bits per heavy atom. The van der Waals surface area contributed by atoms with Crippen molar-refractivity contribution in [3.8, 4) is 0 Å². The number of hydrogen-bond acceptors (Lipinski definition) is 1. The first-order valence-electron chi connectivity index (χ1n) is 6.54. The second kappa shape index (κ2) is 4.65. The van der Waals surface area contributed by atoms with E-state index in [0.29, 0.717) is 0 Å². The smallest absolute Gasteiger partial charge is 0.00697 e. The number of fused-ring (bicyclic) bond motifs is 2. The zero-order valence-corrected chi connectivity index (χ0v) is 9.76. The van der Waals surface area contributed by atoms with Crippen LogP contribution >= 0.6 is 0 Å². The normalized spacial score (nSPS) is 37.7. The molecule has 0 spiro atoms. The van der Waals surface area contributed by atoms with Gasteiger partial charge in [-0.15, -0.1) is 0 Å². The summed E-state index contributed by atoms with van der Waals surface area (Å²) in [6.45, 7) is 5.90. The molecule has 2 saturated carbocycles. The summed E-state index contributed by atoms with van der Waals surface area (Å²) < 4.78 is 0. The van der Waals surface area contributed by atoms with Crippen LogP contribution in [-0.2, 0) is 0 Å². The molecule has 0 amide bonds. The van der Waals surface area contributed by atoms with Gasteiger partial charge in [-0.1, -0.05) is 19.8 Å². The minimum absolute atomic E-state index is 0.775. The molecule has 1 heteroatoms. The fraction of sp³-hybridized carbons (Fsp3) is 1.00. The third-order valence-electron chi connectivity index (χ3n) is 4.43. The van der Waals surface area contributed by atoms with E-state index >= 15 is 0 Å². The maximum absolute atomic E-state index is 3.71. The highest BCUT2D eigenvalue weighted by molar-refractivity contribution is 4.93. The highest BCUT2D eigenvalue weighted by Crippen LogP contribution is 2.49. The fourth-order valence-electron chi connectivity index (χ4n) is 3.56. The van der Waals surface area contributed by atoms with Crippen LogP contribution in [0.5, 0.6) is 0 Å². The quantitative estimate of drug-likeness (QED) is 0.664. The molecule has 2 aliphatic rings. The molecule has 2 rings (SSSR count). The van der Waals surface area contributed by atoms with E-state index < -0.39 is 0 Å². The summed E-state index contributed by atoms with van der Waals surface area (Å²) in [6.07, 6.45) is 8.77. The molecule has 0 aromatic rings. The second-order valence-corrected chi connectivity index (χ2v) is 5.44. The molecule has 0 radical (unpaired) electrons. The summed E-state index contributed by atoms with van der Waals surface area (Å²) in [7, 11) is 0. The maximum atomic E-state index is 3.71. The first-order chi connectivity index (χ1) is 6.81. The van der Waals surface area contributed by atoms with Gasteiger partial charge in [0, 0.05) is 6.04 Å². The molecule has 1 N–H and O–H groups in total. The van der Waals surface area contributed by atoms with E-state index in [-0.39, 0.29) is 0 Å². The van der Waals surface area contributed by atoms with E-state index in [0.717, 1.165) is 23.8 Å². The molecule has 0 unspecified atom stereocenters. The summed E-state index contributed by atoms with van der Waals surface area (Å²) in [5.74, 6) is 3.18. The van der Waals surface area contributed by atoms with Crippen LogP contribution in [0, 0.1) is 17.8 Å². The number of hydrogen-bond donors (Lipinski definition) is 1. The zero-order chi connectivity index (χ0) is 9.97. The lowest BCUT2D eigenvalue weighted by Gasteiger charge is -2.28. The molecule has 0 aromatic heterocycles. The van der Waals surface area contributed by atoms with Crippen molar-refractivity contribution in [2.24, 2.45) is 17.8 Å². The van der Waals surface area contributed by atoms with Crippen molar-refractivity contribution in [1.29, 1.82) is 0 Å². The van der Waals surface area contributed by atoms with Crippen LogP contribution in [0.15, 0.2) is 0 Å². The Labute approximate surface area is 88.7 Å². The van der Waals surface area contributed by atoms with Gasteiger partial charge in [-0.05, 0) is 56.9 Å². The third kappa shape index (κ3) is 2.13. The van der Waals surface area contributed by atoms with Gasteiger partial charge in [0.2, 0.25) is 0 Å². The Hall–Kier alpha value is -0.0400. The predicted octanol–water partition coefficient (Wildman–Crippen LogP) is 3.20. The molecule has 82 valence electrons.